The number of rotatable bonds is 5. The van der Waals surface area contributed by atoms with Crippen molar-refractivity contribution in [3.63, 3.8) is 0 Å². The molecule has 0 atom stereocenters. The smallest absolute Gasteiger partial charge is 0.341 e. The highest BCUT2D eigenvalue weighted by Gasteiger charge is 2.13. The van der Waals surface area contributed by atoms with Crippen LogP contribution in [-0.4, -0.2) is 25.5 Å². The van der Waals surface area contributed by atoms with E-state index in [2.05, 4.69) is 0 Å². The van der Waals surface area contributed by atoms with E-state index in [4.69, 9.17) is 9.47 Å². The lowest BCUT2D eigenvalue weighted by molar-refractivity contribution is 0.0521. The quantitative estimate of drug-likeness (QED) is 0.565. The SMILES string of the molecule is CCOC(=O)c1ccc(C=O)cc1OCC. The first-order valence-corrected chi connectivity index (χ1v) is 5.12. The van der Waals surface area contributed by atoms with Gasteiger partial charge >= 0.3 is 5.97 Å². The largest absolute Gasteiger partial charge is 0.493 e. The Morgan fingerprint density at radius 2 is 2.06 bits per heavy atom. The third-order valence-electron chi connectivity index (χ3n) is 1.94. The van der Waals surface area contributed by atoms with Crippen LogP contribution in [-0.2, 0) is 4.74 Å². The third-order valence-corrected chi connectivity index (χ3v) is 1.94. The second kappa shape index (κ2) is 5.90. The fourth-order valence-corrected chi connectivity index (χ4v) is 1.26. The molecule has 0 aliphatic carbocycles. The zero-order valence-electron chi connectivity index (χ0n) is 9.36. The van der Waals surface area contributed by atoms with Gasteiger partial charge in [-0.2, -0.15) is 0 Å². The topological polar surface area (TPSA) is 52.6 Å². The van der Waals surface area contributed by atoms with Crippen molar-refractivity contribution in [2.45, 2.75) is 13.8 Å². The number of carbonyl (C=O) groups excluding carboxylic acids is 2. The summed E-state index contributed by atoms with van der Waals surface area (Å²) in [5.41, 5.74) is 0.811. The van der Waals surface area contributed by atoms with Crippen LogP contribution >= 0.6 is 0 Å². The average Bonchev–Trinajstić information content (AvgIpc) is 2.29. The van der Waals surface area contributed by atoms with Gasteiger partial charge in [-0.05, 0) is 26.0 Å². The molecule has 0 unspecified atom stereocenters. The monoisotopic (exact) mass is 222 g/mol. The lowest BCUT2D eigenvalue weighted by Crippen LogP contribution is -2.08. The van der Waals surface area contributed by atoms with Gasteiger partial charge in [0.2, 0.25) is 0 Å². The van der Waals surface area contributed by atoms with E-state index in [-0.39, 0.29) is 0 Å². The van der Waals surface area contributed by atoms with Gasteiger partial charge in [0.25, 0.3) is 0 Å². The Morgan fingerprint density at radius 3 is 2.62 bits per heavy atom. The summed E-state index contributed by atoms with van der Waals surface area (Å²) in [5.74, 6) is -0.0612. The third kappa shape index (κ3) is 2.82. The van der Waals surface area contributed by atoms with Gasteiger partial charge in [0, 0.05) is 5.56 Å². The van der Waals surface area contributed by atoms with E-state index in [1.165, 1.54) is 12.1 Å². The van der Waals surface area contributed by atoms with Crippen LogP contribution in [0.4, 0.5) is 0 Å². The lowest BCUT2D eigenvalue weighted by Gasteiger charge is -2.09. The van der Waals surface area contributed by atoms with Crippen molar-refractivity contribution in [1.29, 1.82) is 0 Å². The maximum absolute atomic E-state index is 11.5. The molecule has 0 heterocycles. The van der Waals surface area contributed by atoms with Crippen molar-refractivity contribution in [1.82, 2.24) is 0 Å². The number of benzene rings is 1. The zero-order chi connectivity index (χ0) is 12.0. The van der Waals surface area contributed by atoms with Crippen LogP contribution in [0.1, 0.15) is 34.6 Å². The Labute approximate surface area is 94.2 Å². The molecule has 1 aromatic rings. The molecule has 4 heteroatoms. The molecular weight excluding hydrogens is 208 g/mol. The van der Waals surface area contributed by atoms with Gasteiger partial charge < -0.3 is 9.47 Å². The molecule has 0 bridgehead atoms. The van der Waals surface area contributed by atoms with Gasteiger partial charge in [-0.3, -0.25) is 4.79 Å². The summed E-state index contributed by atoms with van der Waals surface area (Å²) in [7, 11) is 0. The molecule has 4 nitrogen and oxygen atoms in total. The van der Waals surface area contributed by atoms with Crippen molar-refractivity contribution in [3.8, 4) is 5.75 Å². The van der Waals surface area contributed by atoms with E-state index >= 15 is 0 Å². The molecule has 1 aromatic carbocycles. The molecule has 1 rings (SSSR count). The summed E-state index contributed by atoms with van der Waals surface area (Å²) in [5, 5.41) is 0. The molecule has 86 valence electrons. The lowest BCUT2D eigenvalue weighted by atomic mass is 10.1. The minimum absolute atomic E-state index is 0.305. The summed E-state index contributed by atoms with van der Waals surface area (Å²) < 4.78 is 10.2. The molecule has 0 amide bonds. The van der Waals surface area contributed by atoms with Gasteiger partial charge in [-0.1, -0.05) is 6.07 Å². The van der Waals surface area contributed by atoms with E-state index < -0.39 is 5.97 Å². The van der Waals surface area contributed by atoms with Crippen molar-refractivity contribution in [2.24, 2.45) is 0 Å². The van der Waals surface area contributed by atoms with Crippen molar-refractivity contribution >= 4 is 12.3 Å². The Hall–Kier alpha value is -1.84. The average molecular weight is 222 g/mol. The summed E-state index contributed by atoms with van der Waals surface area (Å²) in [6, 6.07) is 4.62. The minimum Gasteiger partial charge on any atom is -0.493 e. The molecule has 0 aliphatic heterocycles. The number of ether oxygens (including phenoxy) is 2. The van der Waals surface area contributed by atoms with Crippen molar-refractivity contribution in [2.75, 3.05) is 13.2 Å². The zero-order valence-corrected chi connectivity index (χ0v) is 9.36. The second-order valence-corrected chi connectivity index (χ2v) is 3.03. The van der Waals surface area contributed by atoms with Crippen LogP contribution in [0.5, 0.6) is 5.75 Å². The Balaban J connectivity index is 3.06. The van der Waals surface area contributed by atoms with Gasteiger partial charge in [-0.15, -0.1) is 0 Å². The molecule has 0 aromatic heterocycles. The van der Waals surface area contributed by atoms with Gasteiger partial charge in [0.05, 0.1) is 13.2 Å². The Morgan fingerprint density at radius 1 is 1.31 bits per heavy atom. The van der Waals surface area contributed by atoms with Crippen LogP contribution in [0.15, 0.2) is 18.2 Å². The summed E-state index contributed by atoms with van der Waals surface area (Å²) >= 11 is 0. The molecule has 0 N–H and O–H groups in total. The maximum Gasteiger partial charge on any atom is 0.341 e. The summed E-state index contributed by atoms with van der Waals surface area (Å²) in [6.45, 7) is 4.27. The first kappa shape index (κ1) is 12.2. The van der Waals surface area contributed by atoms with Gasteiger partial charge in [0.1, 0.15) is 17.6 Å². The van der Waals surface area contributed by atoms with Crippen LogP contribution < -0.4 is 4.74 Å². The molecular formula is C12H14O4. The number of esters is 1. The highest BCUT2D eigenvalue weighted by molar-refractivity contribution is 5.93. The predicted octanol–water partition coefficient (Wildman–Crippen LogP) is 2.07. The van der Waals surface area contributed by atoms with Crippen LogP contribution in [0.25, 0.3) is 0 Å². The number of hydrogen-bond donors (Lipinski definition) is 0. The molecule has 0 spiro atoms. The van der Waals surface area contributed by atoms with E-state index in [9.17, 15) is 9.59 Å². The standard InChI is InChI=1S/C12H14O4/c1-3-15-11-7-9(8-13)5-6-10(11)12(14)16-4-2/h5-8H,3-4H2,1-2H3. The molecule has 0 saturated heterocycles. The highest BCUT2D eigenvalue weighted by atomic mass is 16.5. The Bertz CT molecular complexity index is 385. The maximum atomic E-state index is 11.5. The number of aldehydes is 1. The van der Waals surface area contributed by atoms with Crippen LogP contribution in [0.2, 0.25) is 0 Å². The van der Waals surface area contributed by atoms with E-state index in [1.807, 2.05) is 6.92 Å². The predicted molar refractivity (Wildman–Crippen MR) is 59.0 cm³/mol. The van der Waals surface area contributed by atoms with Crippen LogP contribution in [0, 0.1) is 0 Å². The van der Waals surface area contributed by atoms with Crippen molar-refractivity contribution < 1.29 is 19.1 Å². The fourth-order valence-electron chi connectivity index (χ4n) is 1.26. The first-order chi connectivity index (χ1) is 7.72. The van der Waals surface area contributed by atoms with E-state index in [0.29, 0.717) is 36.4 Å². The Kier molecular flexibility index (Phi) is 4.51. The summed E-state index contributed by atoms with van der Waals surface area (Å²) in [4.78, 5) is 22.1. The second-order valence-electron chi connectivity index (χ2n) is 3.03. The molecule has 0 fully saturated rings. The van der Waals surface area contributed by atoms with Gasteiger partial charge in [-0.25, -0.2) is 4.79 Å². The van der Waals surface area contributed by atoms with Gasteiger partial charge in [0.15, 0.2) is 0 Å². The number of carbonyl (C=O) groups is 2. The normalized spacial score (nSPS) is 9.62. The number of hydrogen-bond acceptors (Lipinski definition) is 4. The fraction of sp³-hybridized carbons (Fsp3) is 0.333. The molecule has 0 radical (unpaired) electrons. The van der Waals surface area contributed by atoms with Crippen LogP contribution in [0.3, 0.4) is 0 Å². The van der Waals surface area contributed by atoms with E-state index in [0.717, 1.165) is 0 Å². The first-order valence-electron chi connectivity index (χ1n) is 5.12. The molecule has 16 heavy (non-hydrogen) atoms. The molecule has 0 saturated carbocycles. The highest BCUT2D eigenvalue weighted by Crippen LogP contribution is 2.21. The molecule has 0 aliphatic rings. The summed E-state index contributed by atoms with van der Waals surface area (Å²) in [6.07, 6.45) is 0.706. The van der Waals surface area contributed by atoms with Crippen molar-refractivity contribution in [3.05, 3.63) is 29.3 Å². The minimum atomic E-state index is -0.441. The van der Waals surface area contributed by atoms with E-state index in [1.54, 1.807) is 13.0 Å².